The number of rotatable bonds is 4. The molecule has 3 rings (SSSR count). The van der Waals surface area contributed by atoms with Crippen molar-refractivity contribution in [1.29, 1.82) is 0 Å². The van der Waals surface area contributed by atoms with Gasteiger partial charge in [0.05, 0.1) is 11.2 Å². The van der Waals surface area contributed by atoms with E-state index in [-0.39, 0.29) is 5.54 Å². The van der Waals surface area contributed by atoms with Crippen LogP contribution in [0, 0.1) is 0 Å². The molecule has 112 valence electrons. The summed E-state index contributed by atoms with van der Waals surface area (Å²) in [5, 5.41) is 5.15. The zero-order valence-corrected chi connectivity index (χ0v) is 13.4. The van der Waals surface area contributed by atoms with Crippen molar-refractivity contribution in [2.75, 3.05) is 19.8 Å². The molecule has 20 heavy (non-hydrogen) atoms. The van der Waals surface area contributed by atoms with Crippen molar-refractivity contribution in [1.82, 2.24) is 10.3 Å². The molecule has 4 heteroatoms. The van der Waals surface area contributed by atoms with Gasteiger partial charge in [-0.05, 0) is 57.9 Å². The second-order valence-corrected chi connectivity index (χ2v) is 7.15. The normalized spacial score (nSPS) is 27.1. The third-order valence-corrected chi connectivity index (χ3v) is 5.90. The van der Waals surface area contributed by atoms with Gasteiger partial charge in [-0.3, -0.25) is 0 Å². The Labute approximate surface area is 126 Å². The highest BCUT2D eigenvalue weighted by Crippen LogP contribution is 2.38. The molecule has 1 saturated heterocycles. The lowest BCUT2D eigenvalue weighted by atomic mass is 9.91. The lowest BCUT2D eigenvalue weighted by Crippen LogP contribution is -2.43. The Morgan fingerprint density at radius 3 is 2.95 bits per heavy atom. The first-order chi connectivity index (χ1) is 9.84. The van der Waals surface area contributed by atoms with E-state index in [1.807, 2.05) is 11.3 Å². The van der Waals surface area contributed by atoms with Gasteiger partial charge in [0.25, 0.3) is 0 Å². The molecule has 2 aliphatic rings. The van der Waals surface area contributed by atoms with Gasteiger partial charge in [0.2, 0.25) is 0 Å². The van der Waals surface area contributed by atoms with Gasteiger partial charge in [-0.25, -0.2) is 4.98 Å². The lowest BCUT2D eigenvalue weighted by Gasteiger charge is -2.31. The van der Waals surface area contributed by atoms with Crippen LogP contribution in [0.5, 0.6) is 0 Å². The Hall–Kier alpha value is -0.450. The fourth-order valence-electron chi connectivity index (χ4n) is 3.34. The molecule has 0 radical (unpaired) electrons. The quantitative estimate of drug-likeness (QED) is 0.924. The zero-order chi connectivity index (χ0) is 13.8. The summed E-state index contributed by atoms with van der Waals surface area (Å²) in [6.45, 7) is 5.08. The maximum absolute atomic E-state index is 5.69. The minimum Gasteiger partial charge on any atom is -0.381 e. The van der Waals surface area contributed by atoms with Crippen LogP contribution in [0.3, 0.4) is 0 Å². The topological polar surface area (TPSA) is 34.2 Å². The average Bonchev–Trinajstić information content (AvgIpc) is 2.78. The molecule has 0 amide bonds. The number of ether oxygens (including phenoxy) is 1. The molecule has 0 saturated carbocycles. The van der Waals surface area contributed by atoms with Crippen molar-refractivity contribution >= 4 is 11.3 Å². The fourth-order valence-corrected chi connectivity index (χ4v) is 4.71. The van der Waals surface area contributed by atoms with Crippen LogP contribution in [0.25, 0.3) is 0 Å². The second kappa shape index (κ2) is 6.54. The molecule has 1 aromatic heterocycles. The predicted octanol–water partition coefficient (Wildman–Crippen LogP) is 3.42. The first kappa shape index (κ1) is 14.5. The van der Waals surface area contributed by atoms with E-state index >= 15 is 0 Å². The maximum atomic E-state index is 5.69. The molecule has 1 N–H and O–H groups in total. The number of nitrogens with zero attached hydrogens (tertiary/aromatic N) is 1. The minimum absolute atomic E-state index is 0.0779. The van der Waals surface area contributed by atoms with Crippen LogP contribution in [-0.2, 0) is 23.1 Å². The second-order valence-electron chi connectivity index (χ2n) is 6.07. The van der Waals surface area contributed by atoms with Crippen molar-refractivity contribution in [2.24, 2.45) is 0 Å². The highest BCUT2D eigenvalue weighted by molar-refractivity contribution is 7.11. The van der Waals surface area contributed by atoms with Crippen LogP contribution in [0.15, 0.2) is 0 Å². The Balaban J connectivity index is 1.88. The third kappa shape index (κ3) is 2.92. The third-order valence-electron chi connectivity index (χ3n) is 4.53. The van der Waals surface area contributed by atoms with Gasteiger partial charge in [-0.2, -0.15) is 0 Å². The van der Waals surface area contributed by atoms with E-state index in [0.29, 0.717) is 0 Å². The Kier molecular flexibility index (Phi) is 4.74. The van der Waals surface area contributed by atoms with Crippen LogP contribution in [0.1, 0.15) is 61.0 Å². The summed E-state index contributed by atoms with van der Waals surface area (Å²) in [6.07, 6.45) is 9.63. The average molecular weight is 294 g/mol. The van der Waals surface area contributed by atoms with Crippen molar-refractivity contribution in [2.45, 2.75) is 63.8 Å². The van der Waals surface area contributed by atoms with Crippen molar-refractivity contribution in [3.63, 3.8) is 0 Å². The van der Waals surface area contributed by atoms with Gasteiger partial charge >= 0.3 is 0 Å². The Morgan fingerprint density at radius 2 is 2.10 bits per heavy atom. The number of nitrogens with one attached hydrogen (secondary N) is 1. The van der Waals surface area contributed by atoms with Crippen molar-refractivity contribution < 1.29 is 4.74 Å². The molecule has 1 aromatic rings. The Bertz CT molecular complexity index is 412. The van der Waals surface area contributed by atoms with E-state index in [2.05, 4.69) is 12.2 Å². The number of thiazole rings is 1. The maximum Gasteiger partial charge on any atom is 0.113 e. The van der Waals surface area contributed by atoms with Crippen LogP contribution in [0.4, 0.5) is 0 Å². The lowest BCUT2D eigenvalue weighted by molar-refractivity contribution is 0.136. The van der Waals surface area contributed by atoms with Gasteiger partial charge in [-0.15, -0.1) is 11.3 Å². The van der Waals surface area contributed by atoms with Gasteiger partial charge in [0.15, 0.2) is 0 Å². The molecule has 1 aliphatic carbocycles. The molecule has 0 bridgehead atoms. The van der Waals surface area contributed by atoms with Crippen molar-refractivity contribution in [3.05, 3.63) is 15.6 Å². The molecule has 3 nitrogen and oxygen atoms in total. The summed E-state index contributed by atoms with van der Waals surface area (Å²) < 4.78 is 5.69. The first-order valence-electron chi connectivity index (χ1n) is 8.16. The minimum atomic E-state index is 0.0779. The molecule has 1 atom stereocenters. The molecular weight excluding hydrogens is 268 g/mol. The van der Waals surface area contributed by atoms with Crippen molar-refractivity contribution in [3.8, 4) is 0 Å². The molecule has 2 heterocycles. The van der Waals surface area contributed by atoms with E-state index in [1.54, 1.807) is 4.88 Å². The first-order valence-corrected chi connectivity index (χ1v) is 8.97. The zero-order valence-electron chi connectivity index (χ0n) is 12.5. The van der Waals surface area contributed by atoms with Crippen LogP contribution in [0.2, 0.25) is 0 Å². The monoisotopic (exact) mass is 294 g/mol. The van der Waals surface area contributed by atoms with Gasteiger partial charge in [0.1, 0.15) is 5.01 Å². The molecule has 0 aromatic carbocycles. The summed E-state index contributed by atoms with van der Waals surface area (Å²) in [4.78, 5) is 6.59. The summed E-state index contributed by atoms with van der Waals surface area (Å²) >= 11 is 1.97. The highest BCUT2D eigenvalue weighted by Gasteiger charge is 2.36. The SMILES string of the molecule is CCCNC1(c2nc3c(s2)CCCC3)CCCOCC1. The number of hydrogen-bond acceptors (Lipinski definition) is 4. The van der Waals surface area contributed by atoms with E-state index in [0.717, 1.165) is 32.6 Å². The summed E-state index contributed by atoms with van der Waals surface area (Å²) in [5.41, 5.74) is 1.47. The number of fused-ring (bicyclic) bond motifs is 1. The predicted molar refractivity (Wildman–Crippen MR) is 83.4 cm³/mol. The smallest absolute Gasteiger partial charge is 0.113 e. The summed E-state index contributed by atoms with van der Waals surface area (Å²) in [5.74, 6) is 0. The number of aryl methyl sites for hydroxylation is 2. The van der Waals surface area contributed by atoms with E-state index < -0.39 is 0 Å². The standard InChI is InChI=1S/C16H26N2OS/c1-2-10-17-16(8-5-11-19-12-9-16)15-18-13-6-3-4-7-14(13)20-15/h17H,2-12H2,1H3. The van der Waals surface area contributed by atoms with E-state index in [1.165, 1.54) is 49.2 Å². The molecule has 1 fully saturated rings. The van der Waals surface area contributed by atoms with Gasteiger partial charge in [0, 0.05) is 18.1 Å². The van der Waals surface area contributed by atoms with Crippen LogP contribution >= 0.6 is 11.3 Å². The van der Waals surface area contributed by atoms with Crippen LogP contribution in [-0.4, -0.2) is 24.7 Å². The fraction of sp³-hybridized carbons (Fsp3) is 0.812. The molecular formula is C16H26N2OS. The van der Waals surface area contributed by atoms with E-state index in [4.69, 9.17) is 9.72 Å². The van der Waals surface area contributed by atoms with E-state index in [9.17, 15) is 0 Å². The van der Waals surface area contributed by atoms with Gasteiger partial charge < -0.3 is 10.1 Å². The number of hydrogen-bond donors (Lipinski definition) is 1. The molecule has 1 aliphatic heterocycles. The summed E-state index contributed by atoms with van der Waals surface area (Å²) in [7, 11) is 0. The Morgan fingerprint density at radius 1 is 1.20 bits per heavy atom. The summed E-state index contributed by atoms with van der Waals surface area (Å²) in [6, 6.07) is 0. The molecule has 1 unspecified atom stereocenters. The largest absolute Gasteiger partial charge is 0.381 e. The molecule has 0 spiro atoms. The number of aromatic nitrogens is 1. The highest BCUT2D eigenvalue weighted by atomic mass is 32.1. The van der Waals surface area contributed by atoms with Gasteiger partial charge in [-0.1, -0.05) is 6.92 Å². The van der Waals surface area contributed by atoms with Crippen LogP contribution < -0.4 is 5.32 Å².